The van der Waals surface area contributed by atoms with Gasteiger partial charge in [0.1, 0.15) is 17.6 Å². The van der Waals surface area contributed by atoms with Crippen molar-refractivity contribution in [1.29, 1.82) is 0 Å². The van der Waals surface area contributed by atoms with Gasteiger partial charge in [-0.05, 0) is 30.3 Å². The van der Waals surface area contributed by atoms with E-state index >= 15 is 0 Å². The fourth-order valence-corrected chi connectivity index (χ4v) is 4.40. The predicted octanol–water partition coefficient (Wildman–Crippen LogP) is 3.84. The third-order valence-corrected chi connectivity index (χ3v) is 6.66. The minimum atomic E-state index is -0.367. The van der Waals surface area contributed by atoms with Gasteiger partial charge in [-0.25, -0.2) is 14.8 Å². The number of nitrogen functional groups attached to an aromatic ring is 1. The first-order valence-corrected chi connectivity index (χ1v) is 11.5. The summed E-state index contributed by atoms with van der Waals surface area (Å²) in [7, 11) is 1.49. The Morgan fingerprint density at radius 3 is 2.61 bits per heavy atom. The summed E-state index contributed by atoms with van der Waals surface area (Å²) in [5.74, 6) is 1.18. The highest BCUT2D eigenvalue weighted by molar-refractivity contribution is 6.42. The largest absolute Gasteiger partial charge is 0.493 e. The Kier molecular flexibility index (Phi) is 6.07. The van der Waals surface area contributed by atoms with Gasteiger partial charge in [0.15, 0.2) is 23.0 Å². The molecule has 1 aliphatic heterocycles. The van der Waals surface area contributed by atoms with Gasteiger partial charge < -0.3 is 20.1 Å². The van der Waals surface area contributed by atoms with Crippen molar-refractivity contribution in [3.63, 3.8) is 0 Å². The minimum Gasteiger partial charge on any atom is -0.493 e. The van der Waals surface area contributed by atoms with E-state index in [1.807, 2.05) is 0 Å². The SMILES string of the molecule is C=CC(=O)N1CC(n2c(=O)n(-c3ccc(Oc4ccc(Cl)c(Cl)c4)c(OC)c3)c3c(N)ncnc32)C1. The molecule has 0 bridgehead atoms. The number of nitrogens with zero attached hydrogens (tertiary/aromatic N) is 5. The molecule has 5 rings (SSSR count). The first-order valence-electron chi connectivity index (χ1n) is 10.8. The molecule has 2 aromatic heterocycles. The molecular formula is C24H20Cl2N6O4. The van der Waals surface area contributed by atoms with Crippen molar-refractivity contribution >= 4 is 46.1 Å². The van der Waals surface area contributed by atoms with Crippen LogP contribution in [0.5, 0.6) is 17.2 Å². The number of hydrogen-bond acceptors (Lipinski definition) is 7. The van der Waals surface area contributed by atoms with Gasteiger partial charge in [0.25, 0.3) is 0 Å². The van der Waals surface area contributed by atoms with Crippen molar-refractivity contribution in [2.75, 3.05) is 25.9 Å². The van der Waals surface area contributed by atoms with E-state index in [1.165, 1.54) is 28.6 Å². The summed E-state index contributed by atoms with van der Waals surface area (Å²) in [5, 5.41) is 0.759. The quantitative estimate of drug-likeness (QED) is 0.379. The van der Waals surface area contributed by atoms with Crippen LogP contribution < -0.4 is 20.9 Å². The van der Waals surface area contributed by atoms with E-state index in [-0.39, 0.29) is 23.5 Å². The fraction of sp³-hybridized carbons (Fsp3) is 0.167. The van der Waals surface area contributed by atoms with Crippen LogP contribution in [0, 0.1) is 0 Å². The normalized spacial score (nSPS) is 13.5. The zero-order chi connectivity index (χ0) is 25.6. The van der Waals surface area contributed by atoms with Gasteiger partial charge in [-0.15, -0.1) is 0 Å². The van der Waals surface area contributed by atoms with E-state index in [1.54, 1.807) is 41.3 Å². The number of ether oxygens (including phenoxy) is 2. The lowest BCUT2D eigenvalue weighted by atomic mass is 10.1. The zero-order valence-electron chi connectivity index (χ0n) is 19.0. The summed E-state index contributed by atoms with van der Waals surface area (Å²) >= 11 is 12.1. The molecule has 0 radical (unpaired) electrons. The first kappa shape index (κ1) is 23.7. The van der Waals surface area contributed by atoms with Gasteiger partial charge in [-0.3, -0.25) is 13.9 Å². The number of rotatable bonds is 6. The molecule has 0 unspecified atom stereocenters. The zero-order valence-corrected chi connectivity index (χ0v) is 20.5. The summed E-state index contributed by atoms with van der Waals surface area (Å²) in [6, 6.07) is 9.64. The van der Waals surface area contributed by atoms with Crippen LogP contribution in [0.1, 0.15) is 6.04 Å². The van der Waals surface area contributed by atoms with Crippen molar-refractivity contribution in [2.24, 2.45) is 0 Å². The molecule has 3 heterocycles. The molecule has 0 saturated carbocycles. The number of benzene rings is 2. The van der Waals surface area contributed by atoms with Gasteiger partial charge in [-0.1, -0.05) is 29.8 Å². The molecule has 1 amide bonds. The topological polar surface area (TPSA) is 118 Å². The number of imidazole rings is 1. The maximum atomic E-state index is 13.6. The molecule has 1 aliphatic rings. The van der Waals surface area contributed by atoms with E-state index in [4.69, 9.17) is 38.4 Å². The standard InChI is InChI=1S/C24H20Cl2N6O4/c1-3-20(33)30-10-14(11-30)32-23-21(22(27)28-12-29-23)31(24(32)34)13-4-7-18(19(8-13)35-2)36-15-5-6-16(25)17(26)9-15/h3-9,12,14H,1,10-11H2,2H3,(H2,27,28,29). The molecule has 0 spiro atoms. The van der Waals surface area contributed by atoms with E-state index in [0.717, 1.165) is 0 Å². The number of carbonyl (C=O) groups is 1. The molecule has 36 heavy (non-hydrogen) atoms. The summed E-state index contributed by atoms with van der Waals surface area (Å²) in [4.78, 5) is 35.5. The van der Waals surface area contributed by atoms with Crippen LogP contribution in [0.2, 0.25) is 10.0 Å². The van der Waals surface area contributed by atoms with E-state index < -0.39 is 0 Å². The Bertz CT molecular complexity index is 1580. The molecule has 0 aliphatic carbocycles. The number of methoxy groups -OCH3 is 1. The molecule has 1 fully saturated rings. The second kappa shape index (κ2) is 9.21. The molecule has 1 saturated heterocycles. The van der Waals surface area contributed by atoms with Crippen molar-refractivity contribution in [3.05, 3.63) is 75.9 Å². The fourth-order valence-electron chi connectivity index (χ4n) is 4.11. The second-order valence-electron chi connectivity index (χ2n) is 8.03. The van der Waals surface area contributed by atoms with Gasteiger partial charge in [0.05, 0.1) is 28.9 Å². The lowest BCUT2D eigenvalue weighted by Gasteiger charge is -2.38. The highest BCUT2D eigenvalue weighted by atomic mass is 35.5. The molecule has 12 heteroatoms. The summed E-state index contributed by atoms with van der Waals surface area (Å²) in [5.41, 5.74) is 7.02. The lowest BCUT2D eigenvalue weighted by Crippen LogP contribution is -2.52. The van der Waals surface area contributed by atoms with Crippen LogP contribution in [0.4, 0.5) is 5.82 Å². The average molecular weight is 527 g/mol. The smallest absolute Gasteiger partial charge is 0.335 e. The van der Waals surface area contributed by atoms with Gasteiger partial charge in [0.2, 0.25) is 5.91 Å². The van der Waals surface area contributed by atoms with Crippen LogP contribution in [-0.2, 0) is 4.79 Å². The Morgan fingerprint density at radius 1 is 1.14 bits per heavy atom. The molecule has 2 aromatic carbocycles. The Labute approximate surface area is 215 Å². The van der Waals surface area contributed by atoms with Crippen molar-refractivity contribution in [3.8, 4) is 22.9 Å². The van der Waals surface area contributed by atoms with Crippen molar-refractivity contribution < 1.29 is 14.3 Å². The molecule has 4 aromatic rings. The van der Waals surface area contributed by atoms with Crippen LogP contribution in [-0.4, -0.2) is 50.1 Å². The van der Waals surface area contributed by atoms with Crippen LogP contribution >= 0.6 is 23.2 Å². The Hall–Kier alpha value is -4.02. The maximum absolute atomic E-state index is 13.6. The summed E-state index contributed by atoms with van der Waals surface area (Å²) in [6.45, 7) is 4.22. The Morgan fingerprint density at radius 2 is 1.92 bits per heavy atom. The number of halogens is 2. The van der Waals surface area contributed by atoms with E-state index in [2.05, 4.69) is 16.5 Å². The molecule has 2 N–H and O–H groups in total. The number of nitrogens with two attached hydrogens (primary N) is 1. The molecule has 184 valence electrons. The molecular weight excluding hydrogens is 507 g/mol. The van der Waals surface area contributed by atoms with E-state index in [9.17, 15) is 9.59 Å². The van der Waals surface area contributed by atoms with Crippen molar-refractivity contribution in [2.45, 2.75) is 6.04 Å². The third kappa shape index (κ3) is 3.94. The van der Waals surface area contributed by atoms with Gasteiger partial charge in [0, 0.05) is 25.2 Å². The molecule has 10 nitrogen and oxygen atoms in total. The molecule has 0 atom stereocenters. The Balaban J connectivity index is 1.57. The maximum Gasteiger partial charge on any atom is 0.335 e. The summed E-state index contributed by atoms with van der Waals surface area (Å²) in [6.07, 6.45) is 2.55. The highest BCUT2D eigenvalue weighted by Gasteiger charge is 2.35. The predicted molar refractivity (Wildman–Crippen MR) is 136 cm³/mol. The van der Waals surface area contributed by atoms with Crippen LogP contribution in [0.3, 0.4) is 0 Å². The number of amides is 1. The monoisotopic (exact) mass is 526 g/mol. The number of likely N-dealkylation sites (tertiary alicyclic amines) is 1. The highest BCUT2D eigenvalue weighted by Crippen LogP contribution is 2.36. The average Bonchev–Trinajstić information content (AvgIpc) is 3.13. The third-order valence-electron chi connectivity index (χ3n) is 5.92. The summed E-state index contributed by atoms with van der Waals surface area (Å²) < 4.78 is 14.4. The number of fused-ring (bicyclic) bond motifs is 1. The van der Waals surface area contributed by atoms with Gasteiger partial charge >= 0.3 is 5.69 Å². The number of aromatic nitrogens is 4. The van der Waals surface area contributed by atoms with E-state index in [0.29, 0.717) is 57.2 Å². The van der Waals surface area contributed by atoms with Gasteiger partial charge in [-0.2, -0.15) is 0 Å². The lowest BCUT2D eigenvalue weighted by molar-refractivity contribution is -0.131. The van der Waals surface area contributed by atoms with Crippen molar-refractivity contribution in [1.82, 2.24) is 24.0 Å². The first-order chi connectivity index (χ1) is 17.3. The number of carbonyl (C=O) groups excluding carboxylic acids is 1. The minimum absolute atomic E-state index is 0.143. The number of anilines is 1. The van der Waals surface area contributed by atoms with Crippen LogP contribution in [0.25, 0.3) is 16.9 Å². The van der Waals surface area contributed by atoms with Crippen LogP contribution in [0.15, 0.2) is 60.2 Å². The number of hydrogen-bond donors (Lipinski definition) is 1. The second-order valence-corrected chi connectivity index (χ2v) is 8.85.